The molecule has 6 nitrogen and oxygen atoms in total. The normalized spacial score (nSPS) is 25.9. The van der Waals surface area contributed by atoms with E-state index in [0.717, 1.165) is 58.3 Å². The van der Waals surface area contributed by atoms with Crippen LogP contribution in [0.3, 0.4) is 0 Å². The lowest BCUT2D eigenvalue weighted by molar-refractivity contribution is 0.0190. The van der Waals surface area contributed by atoms with Gasteiger partial charge in [-0.15, -0.1) is 0 Å². The van der Waals surface area contributed by atoms with Crippen molar-refractivity contribution in [2.45, 2.75) is 32.3 Å². The predicted molar refractivity (Wildman–Crippen MR) is 87.3 cm³/mol. The number of hydrogen-bond donors (Lipinski definition) is 1. The van der Waals surface area contributed by atoms with Crippen molar-refractivity contribution >= 4 is 5.96 Å². The van der Waals surface area contributed by atoms with Gasteiger partial charge in [-0.25, -0.2) is 0 Å². The molecule has 0 spiro atoms. The molecule has 0 aromatic heterocycles. The van der Waals surface area contributed by atoms with Crippen molar-refractivity contribution in [3.8, 4) is 0 Å². The van der Waals surface area contributed by atoms with Crippen molar-refractivity contribution in [1.82, 2.24) is 10.2 Å². The smallest absolute Gasteiger partial charge is 0.193 e. The van der Waals surface area contributed by atoms with E-state index >= 15 is 0 Å². The van der Waals surface area contributed by atoms with Crippen LogP contribution in [0.25, 0.3) is 0 Å². The fraction of sp³-hybridized carbons (Fsp3) is 0.938. The Morgan fingerprint density at radius 3 is 2.95 bits per heavy atom. The Morgan fingerprint density at radius 2 is 2.23 bits per heavy atom. The van der Waals surface area contributed by atoms with Gasteiger partial charge in [0.05, 0.1) is 25.9 Å². The number of likely N-dealkylation sites (tertiary alicyclic amines) is 1. The molecule has 2 rings (SSSR count). The van der Waals surface area contributed by atoms with Gasteiger partial charge in [0.1, 0.15) is 0 Å². The first-order chi connectivity index (χ1) is 10.8. The largest absolute Gasteiger partial charge is 0.381 e. The van der Waals surface area contributed by atoms with E-state index in [1.54, 1.807) is 0 Å². The summed E-state index contributed by atoms with van der Waals surface area (Å²) in [7, 11) is 1.84. The highest BCUT2D eigenvalue weighted by molar-refractivity contribution is 5.80. The maximum Gasteiger partial charge on any atom is 0.193 e. The summed E-state index contributed by atoms with van der Waals surface area (Å²) < 4.78 is 16.7. The first-order valence-electron chi connectivity index (χ1n) is 8.56. The zero-order valence-corrected chi connectivity index (χ0v) is 14.1. The molecule has 128 valence electrons. The SMILES string of the molecule is CCOCC1CCN(C(=NC)NCCOCC2CCCO2)C1. The Balaban J connectivity index is 1.57. The van der Waals surface area contributed by atoms with Gasteiger partial charge in [0.15, 0.2) is 5.96 Å². The molecule has 1 N–H and O–H groups in total. The quantitative estimate of drug-likeness (QED) is 0.413. The predicted octanol–water partition coefficient (Wildman–Crippen LogP) is 1.12. The highest BCUT2D eigenvalue weighted by Crippen LogP contribution is 2.16. The molecule has 6 heteroatoms. The van der Waals surface area contributed by atoms with Crippen LogP contribution in [0, 0.1) is 5.92 Å². The summed E-state index contributed by atoms with van der Waals surface area (Å²) in [6, 6.07) is 0. The standard InChI is InChI=1S/C16H31N3O3/c1-3-20-12-14-6-8-19(11-14)16(17-2)18-7-10-21-13-15-5-4-9-22-15/h14-15H,3-13H2,1-2H3,(H,17,18). The van der Waals surface area contributed by atoms with Crippen molar-refractivity contribution in [2.24, 2.45) is 10.9 Å². The second-order valence-corrected chi connectivity index (χ2v) is 5.94. The summed E-state index contributed by atoms with van der Waals surface area (Å²) in [5.74, 6) is 1.59. The molecule has 2 fully saturated rings. The lowest BCUT2D eigenvalue weighted by Crippen LogP contribution is -2.41. The minimum atomic E-state index is 0.303. The van der Waals surface area contributed by atoms with Crippen LogP contribution in [0.4, 0.5) is 0 Å². The van der Waals surface area contributed by atoms with Crippen molar-refractivity contribution in [3.63, 3.8) is 0 Å². The van der Waals surface area contributed by atoms with Gasteiger partial charge in [-0.3, -0.25) is 4.99 Å². The Labute approximate surface area is 134 Å². The fourth-order valence-corrected chi connectivity index (χ4v) is 3.00. The number of rotatable bonds is 8. The number of nitrogens with zero attached hydrogens (tertiary/aromatic N) is 2. The van der Waals surface area contributed by atoms with E-state index in [-0.39, 0.29) is 0 Å². The van der Waals surface area contributed by atoms with Crippen LogP contribution in [-0.2, 0) is 14.2 Å². The summed E-state index contributed by atoms with van der Waals surface area (Å²) in [5, 5.41) is 3.38. The Bertz CT molecular complexity index is 333. The molecule has 2 atom stereocenters. The molecular formula is C16H31N3O3. The lowest BCUT2D eigenvalue weighted by atomic mass is 10.1. The third-order valence-corrected chi connectivity index (χ3v) is 4.21. The van der Waals surface area contributed by atoms with Crippen LogP contribution < -0.4 is 5.32 Å². The third kappa shape index (κ3) is 5.74. The summed E-state index contributed by atoms with van der Waals surface area (Å²) in [6.07, 6.45) is 3.77. The van der Waals surface area contributed by atoms with Crippen LogP contribution in [0.5, 0.6) is 0 Å². The molecule has 22 heavy (non-hydrogen) atoms. The molecule has 0 aromatic carbocycles. The third-order valence-electron chi connectivity index (χ3n) is 4.21. The molecule has 0 radical (unpaired) electrons. The minimum Gasteiger partial charge on any atom is -0.381 e. The van der Waals surface area contributed by atoms with Gasteiger partial charge in [-0.2, -0.15) is 0 Å². The number of hydrogen-bond acceptors (Lipinski definition) is 4. The Kier molecular flexibility index (Phi) is 7.98. The van der Waals surface area contributed by atoms with Gasteiger partial charge in [0.25, 0.3) is 0 Å². The highest BCUT2D eigenvalue weighted by atomic mass is 16.5. The van der Waals surface area contributed by atoms with Crippen LogP contribution >= 0.6 is 0 Å². The number of aliphatic imine (C=N–C) groups is 1. The molecular weight excluding hydrogens is 282 g/mol. The average Bonchev–Trinajstić information content (AvgIpc) is 3.20. The van der Waals surface area contributed by atoms with Gasteiger partial charge < -0.3 is 24.4 Å². The number of nitrogens with one attached hydrogen (secondary N) is 1. The van der Waals surface area contributed by atoms with Gasteiger partial charge in [-0.05, 0) is 26.2 Å². The highest BCUT2D eigenvalue weighted by Gasteiger charge is 2.24. The average molecular weight is 313 g/mol. The molecule has 2 heterocycles. The fourth-order valence-electron chi connectivity index (χ4n) is 3.00. The minimum absolute atomic E-state index is 0.303. The van der Waals surface area contributed by atoms with E-state index in [1.165, 1.54) is 6.42 Å². The van der Waals surface area contributed by atoms with Gasteiger partial charge in [0.2, 0.25) is 0 Å². The number of guanidine groups is 1. The van der Waals surface area contributed by atoms with Gasteiger partial charge in [0, 0.05) is 45.8 Å². The maximum atomic E-state index is 5.67. The van der Waals surface area contributed by atoms with Crippen molar-refractivity contribution < 1.29 is 14.2 Å². The summed E-state index contributed by atoms with van der Waals surface area (Å²) >= 11 is 0. The number of ether oxygens (including phenoxy) is 3. The van der Waals surface area contributed by atoms with Crippen LogP contribution in [0.15, 0.2) is 4.99 Å². The molecule has 2 unspecified atom stereocenters. The second kappa shape index (κ2) is 10.0. The van der Waals surface area contributed by atoms with Crippen molar-refractivity contribution in [2.75, 3.05) is 59.7 Å². The summed E-state index contributed by atoms with van der Waals surface area (Å²) in [5.41, 5.74) is 0. The van der Waals surface area contributed by atoms with E-state index < -0.39 is 0 Å². The summed E-state index contributed by atoms with van der Waals surface area (Å²) in [6.45, 7) is 8.84. The topological polar surface area (TPSA) is 55.3 Å². The maximum absolute atomic E-state index is 5.67. The monoisotopic (exact) mass is 313 g/mol. The molecule has 0 bridgehead atoms. The lowest BCUT2D eigenvalue weighted by Gasteiger charge is -2.22. The molecule has 0 amide bonds. The molecule has 0 saturated carbocycles. The van der Waals surface area contributed by atoms with E-state index in [4.69, 9.17) is 14.2 Å². The molecule has 2 aliphatic heterocycles. The second-order valence-electron chi connectivity index (χ2n) is 5.94. The molecule has 0 aromatic rings. The van der Waals surface area contributed by atoms with Gasteiger partial charge in [-0.1, -0.05) is 0 Å². The van der Waals surface area contributed by atoms with Crippen molar-refractivity contribution in [1.29, 1.82) is 0 Å². The first kappa shape index (κ1) is 17.5. The van der Waals surface area contributed by atoms with Gasteiger partial charge >= 0.3 is 0 Å². The molecule has 0 aliphatic carbocycles. The molecule has 2 aliphatic rings. The van der Waals surface area contributed by atoms with E-state index in [1.807, 2.05) is 14.0 Å². The summed E-state index contributed by atoms with van der Waals surface area (Å²) in [4.78, 5) is 6.68. The molecule has 2 saturated heterocycles. The van der Waals surface area contributed by atoms with Crippen LogP contribution in [0.1, 0.15) is 26.2 Å². The van der Waals surface area contributed by atoms with E-state index in [0.29, 0.717) is 25.2 Å². The van der Waals surface area contributed by atoms with Crippen LogP contribution in [0.2, 0.25) is 0 Å². The Morgan fingerprint density at radius 1 is 1.32 bits per heavy atom. The first-order valence-corrected chi connectivity index (χ1v) is 8.56. The van der Waals surface area contributed by atoms with E-state index in [2.05, 4.69) is 15.2 Å². The zero-order valence-electron chi connectivity index (χ0n) is 14.1. The zero-order chi connectivity index (χ0) is 15.6. The van der Waals surface area contributed by atoms with E-state index in [9.17, 15) is 0 Å². The van der Waals surface area contributed by atoms with Crippen molar-refractivity contribution in [3.05, 3.63) is 0 Å². The van der Waals surface area contributed by atoms with Crippen LogP contribution in [-0.4, -0.2) is 76.7 Å². The Hall–Kier alpha value is -0.850.